The number of piperazine rings is 1. The summed E-state index contributed by atoms with van der Waals surface area (Å²) < 4.78 is 1.22. The zero-order chi connectivity index (χ0) is 13.1. The van der Waals surface area contributed by atoms with Crippen molar-refractivity contribution >= 4 is 21.6 Å². The highest BCUT2D eigenvalue weighted by atomic mass is 79.9. The lowest BCUT2D eigenvalue weighted by Crippen LogP contribution is -2.54. The lowest BCUT2D eigenvalue weighted by Gasteiger charge is -2.40. The van der Waals surface area contributed by atoms with Crippen molar-refractivity contribution in [1.82, 2.24) is 5.32 Å². The van der Waals surface area contributed by atoms with E-state index in [2.05, 4.69) is 50.4 Å². The molecule has 0 radical (unpaired) electrons. The van der Waals surface area contributed by atoms with Crippen LogP contribution in [-0.4, -0.2) is 25.7 Å². The molecule has 2 aliphatic rings. The molecule has 104 valence electrons. The zero-order valence-electron chi connectivity index (χ0n) is 11.4. The fourth-order valence-electron chi connectivity index (χ4n) is 3.56. The van der Waals surface area contributed by atoms with E-state index in [-0.39, 0.29) is 0 Å². The molecule has 1 unspecified atom stereocenters. The van der Waals surface area contributed by atoms with Crippen molar-refractivity contribution < 1.29 is 0 Å². The van der Waals surface area contributed by atoms with Crippen molar-refractivity contribution in [1.29, 1.82) is 0 Å². The molecule has 1 atom stereocenters. The Morgan fingerprint density at radius 1 is 1.11 bits per heavy atom. The number of hydrogen-bond acceptors (Lipinski definition) is 2. The van der Waals surface area contributed by atoms with Gasteiger partial charge in [0.2, 0.25) is 0 Å². The van der Waals surface area contributed by atoms with Crippen LogP contribution in [0.1, 0.15) is 32.1 Å². The van der Waals surface area contributed by atoms with Crippen molar-refractivity contribution in [2.75, 3.05) is 24.5 Å². The van der Waals surface area contributed by atoms with Crippen LogP contribution >= 0.6 is 15.9 Å². The zero-order valence-corrected chi connectivity index (χ0v) is 13.0. The highest BCUT2D eigenvalue weighted by molar-refractivity contribution is 9.10. The van der Waals surface area contributed by atoms with Gasteiger partial charge >= 0.3 is 0 Å². The third kappa shape index (κ3) is 3.14. The third-order valence-electron chi connectivity index (χ3n) is 4.62. The summed E-state index contributed by atoms with van der Waals surface area (Å²) in [6, 6.07) is 9.29. The van der Waals surface area contributed by atoms with Gasteiger partial charge in [0.05, 0.1) is 5.69 Å². The van der Waals surface area contributed by atoms with Crippen molar-refractivity contribution in [2.24, 2.45) is 5.92 Å². The molecule has 1 aliphatic carbocycles. The molecule has 0 spiro atoms. The fraction of sp³-hybridized carbons (Fsp3) is 0.625. The Hall–Kier alpha value is -0.540. The number of anilines is 1. The van der Waals surface area contributed by atoms with Crippen LogP contribution in [0.2, 0.25) is 0 Å². The molecule has 19 heavy (non-hydrogen) atoms. The molecule has 3 rings (SSSR count). The van der Waals surface area contributed by atoms with Gasteiger partial charge in [0.1, 0.15) is 0 Å². The first-order valence-corrected chi connectivity index (χ1v) is 8.37. The summed E-state index contributed by atoms with van der Waals surface area (Å²) in [5.74, 6) is 0.888. The molecule has 1 aromatic carbocycles. The average molecular weight is 323 g/mol. The average Bonchev–Trinajstić information content (AvgIpc) is 2.49. The Balaban J connectivity index is 1.69. The van der Waals surface area contributed by atoms with Crippen LogP contribution in [0.4, 0.5) is 5.69 Å². The number of para-hydroxylation sites is 1. The smallest absolute Gasteiger partial charge is 0.0511 e. The van der Waals surface area contributed by atoms with E-state index in [9.17, 15) is 0 Å². The maximum Gasteiger partial charge on any atom is 0.0511 e. The summed E-state index contributed by atoms with van der Waals surface area (Å²) in [6.45, 7) is 3.39. The molecule has 2 nitrogen and oxygen atoms in total. The Morgan fingerprint density at radius 3 is 2.68 bits per heavy atom. The van der Waals surface area contributed by atoms with Gasteiger partial charge in [-0.15, -0.1) is 0 Å². The SMILES string of the molecule is Brc1ccccc1N1CCNC(C2CCCCC2)C1. The topological polar surface area (TPSA) is 15.3 Å². The Labute approximate surface area is 124 Å². The van der Waals surface area contributed by atoms with Crippen LogP contribution in [0.3, 0.4) is 0 Å². The van der Waals surface area contributed by atoms with Crippen LogP contribution in [0, 0.1) is 5.92 Å². The van der Waals surface area contributed by atoms with Gasteiger partial charge in [-0.05, 0) is 46.8 Å². The minimum atomic E-state index is 0.682. The fourth-order valence-corrected chi connectivity index (χ4v) is 4.09. The van der Waals surface area contributed by atoms with Gasteiger partial charge in [-0.2, -0.15) is 0 Å². The number of rotatable bonds is 2. The molecular formula is C16H23BrN2. The van der Waals surface area contributed by atoms with Gasteiger partial charge in [0, 0.05) is 30.1 Å². The van der Waals surface area contributed by atoms with E-state index in [1.54, 1.807) is 0 Å². The van der Waals surface area contributed by atoms with E-state index >= 15 is 0 Å². The maximum atomic E-state index is 3.75. The lowest BCUT2D eigenvalue weighted by molar-refractivity contribution is 0.257. The van der Waals surface area contributed by atoms with Gasteiger partial charge in [0.15, 0.2) is 0 Å². The first-order chi connectivity index (χ1) is 9.34. The molecular weight excluding hydrogens is 300 g/mol. The Bertz CT molecular complexity index is 415. The quantitative estimate of drug-likeness (QED) is 0.890. The Morgan fingerprint density at radius 2 is 1.89 bits per heavy atom. The van der Waals surface area contributed by atoms with E-state index in [4.69, 9.17) is 0 Å². The summed E-state index contributed by atoms with van der Waals surface area (Å²) in [6.07, 6.45) is 7.13. The van der Waals surface area contributed by atoms with Gasteiger partial charge in [-0.1, -0.05) is 31.4 Å². The number of benzene rings is 1. The van der Waals surface area contributed by atoms with E-state index in [1.165, 1.54) is 42.3 Å². The van der Waals surface area contributed by atoms with Crippen molar-refractivity contribution in [2.45, 2.75) is 38.1 Å². The summed E-state index contributed by atoms with van der Waals surface area (Å²) in [5.41, 5.74) is 1.35. The largest absolute Gasteiger partial charge is 0.368 e. The number of nitrogens with zero attached hydrogens (tertiary/aromatic N) is 1. The van der Waals surface area contributed by atoms with Crippen LogP contribution < -0.4 is 10.2 Å². The predicted molar refractivity (Wildman–Crippen MR) is 84.7 cm³/mol. The molecule has 0 aromatic heterocycles. The second kappa shape index (κ2) is 6.27. The maximum absolute atomic E-state index is 3.75. The Kier molecular flexibility index (Phi) is 4.44. The predicted octanol–water partition coefficient (Wildman–Crippen LogP) is 3.81. The lowest BCUT2D eigenvalue weighted by atomic mass is 9.83. The molecule has 3 heteroatoms. The highest BCUT2D eigenvalue weighted by Crippen LogP contribution is 2.31. The monoisotopic (exact) mass is 322 g/mol. The summed E-state index contributed by atoms with van der Waals surface area (Å²) in [4.78, 5) is 2.54. The molecule has 1 saturated carbocycles. The molecule has 0 bridgehead atoms. The molecule has 1 saturated heterocycles. The standard InChI is InChI=1S/C16H23BrN2/c17-14-8-4-5-9-16(14)19-11-10-18-15(12-19)13-6-2-1-3-7-13/h4-5,8-9,13,15,18H,1-3,6-7,10-12H2. The third-order valence-corrected chi connectivity index (χ3v) is 5.29. The molecule has 2 fully saturated rings. The number of nitrogens with one attached hydrogen (secondary N) is 1. The van der Waals surface area contributed by atoms with Crippen LogP contribution in [0.15, 0.2) is 28.7 Å². The summed E-state index contributed by atoms with van der Waals surface area (Å²) >= 11 is 3.69. The molecule has 1 aromatic rings. The first kappa shape index (κ1) is 13.4. The second-order valence-electron chi connectivity index (χ2n) is 5.86. The molecule has 1 aliphatic heterocycles. The van der Waals surface area contributed by atoms with E-state index in [0.717, 1.165) is 25.6 Å². The minimum Gasteiger partial charge on any atom is -0.368 e. The van der Waals surface area contributed by atoms with Gasteiger partial charge in [0.25, 0.3) is 0 Å². The minimum absolute atomic E-state index is 0.682. The first-order valence-electron chi connectivity index (χ1n) is 7.57. The summed E-state index contributed by atoms with van der Waals surface area (Å²) in [5, 5.41) is 3.75. The van der Waals surface area contributed by atoms with Gasteiger partial charge < -0.3 is 10.2 Å². The van der Waals surface area contributed by atoms with Crippen LogP contribution in [0.25, 0.3) is 0 Å². The summed E-state index contributed by atoms with van der Waals surface area (Å²) in [7, 11) is 0. The highest BCUT2D eigenvalue weighted by Gasteiger charge is 2.28. The van der Waals surface area contributed by atoms with Crippen LogP contribution in [-0.2, 0) is 0 Å². The number of hydrogen-bond donors (Lipinski definition) is 1. The normalized spacial score (nSPS) is 25.5. The molecule has 1 N–H and O–H groups in total. The van der Waals surface area contributed by atoms with Crippen molar-refractivity contribution in [3.63, 3.8) is 0 Å². The van der Waals surface area contributed by atoms with E-state index < -0.39 is 0 Å². The van der Waals surface area contributed by atoms with Crippen molar-refractivity contribution in [3.05, 3.63) is 28.7 Å². The van der Waals surface area contributed by atoms with Crippen LogP contribution in [0.5, 0.6) is 0 Å². The van der Waals surface area contributed by atoms with Gasteiger partial charge in [-0.3, -0.25) is 0 Å². The number of halogens is 1. The van der Waals surface area contributed by atoms with E-state index in [1.807, 2.05) is 0 Å². The second-order valence-corrected chi connectivity index (χ2v) is 6.71. The molecule has 0 amide bonds. The van der Waals surface area contributed by atoms with Gasteiger partial charge in [-0.25, -0.2) is 0 Å². The van der Waals surface area contributed by atoms with Crippen molar-refractivity contribution in [3.8, 4) is 0 Å². The van der Waals surface area contributed by atoms with E-state index in [0.29, 0.717) is 6.04 Å². The molecule has 1 heterocycles.